The third-order valence-electron chi connectivity index (χ3n) is 1.56. The predicted octanol–water partition coefficient (Wildman–Crippen LogP) is -0.176. The zero-order valence-corrected chi connectivity index (χ0v) is 7.33. The van der Waals surface area contributed by atoms with Crippen LogP contribution in [0.4, 0.5) is 0 Å². The van der Waals surface area contributed by atoms with E-state index in [1.165, 1.54) is 0 Å². The summed E-state index contributed by atoms with van der Waals surface area (Å²) in [6.45, 7) is 2.48. The van der Waals surface area contributed by atoms with Crippen LogP contribution in [0.3, 0.4) is 0 Å². The maximum Gasteiger partial charge on any atom is 0.207 e. The Hall–Kier alpha value is -1.34. The summed E-state index contributed by atoms with van der Waals surface area (Å²) in [4.78, 5) is 0. The Labute approximate surface area is 71.8 Å². The van der Waals surface area contributed by atoms with E-state index in [1.54, 1.807) is 0 Å². The van der Waals surface area contributed by atoms with Crippen LogP contribution in [0.2, 0.25) is 0 Å². The van der Waals surface area contributed by atoms with E-state index in [4.69, 9.17) is 5.73 Å². The molecule has 1 aromatic heterocycles. The molecule has 0 spiro atoms. The number of aryl methyl sites for hydroxylation is 1. The summed E-state index contributed by atoms with van der Waals surface area (Å²) in [7, 11) is 1.89. The van der Waals surface area contributed by atoms with Gasteiger partial charge in [-0.25, -0.2) is 0 Å². The lowest BCUT2D eigenvalue weighted by Gasteiger charge is -1.91. The summed E-state index contributed by atoms with van der Waals surface area (Å²) in [6.07, 6.45) is 0.700. The molecular formula is C8H12N4. The van der Waals surface area contributed by atoms with Gasteiger partial charge in [-0.2, -0.15) is 0 Å². The molecule has 0 saturated carbocycles. The molecule has 4 nitrogen and oxygen atoms in total. The molecule has 0 aliphatic rings. The monoisotopic (exact) mass is 164 g/mol. The number of aromatic nitrogens is 3. The van der Waals surface area contributed by atoms with Crippen LogP contribution in [0.25, 0.3) is 0 Å². The minimum absolute atomic E-state index is 0.587. The first-order valence-corrected chi connectivity index (χ1v) is 3.80. The van der Waals surface area contributed by atoms with Gasteiger partial charge in [0.25, 0.3) is 0 Å². The topological polar surface area (TPSA) is 56.7 Å². The van der Waals surface area contributed by atoms with Crippen molar-refractivity contribution >= 4 is 0 Å². The molecule has 0 saturated heterocycles. The highest BCUT2D eigenvalue weighted by Crippen LogP contribution is 1.94. The van der Waals surface area contributed by atoms with Crippen molar-refractivity contribution < 1.29 is 0 Å². The van der Waals surface area contributed by atoms with Gasteiger partial charge in [0.15, 0.2) is 0 Å². The molecule has 1 rings (SSSR count). The molecule has 64 valence electrons. The lowest BCUT2D eigenvalue weighted by molar-refractivity contribution is 0.846. The molecule has 1 aromatic rings. The Kier molecular flexibility index (Phi) is 2.83. The van der Waals surface area contributed by atoms with Crippen LogP contribution >= 0.6 is 0 Å². The van der Waals surface area contributed by atoms with Crippen LogP contribution in [0.5, 0.6) is 0 Å². The van der Waals surface area contributed by atoms with Crippen LogP contribution in [-0.4, -0.2) is 21.3 Å². The fourth-order valence-corrected chi connectivity index (χ4v) is 0.730. The zero-order valence-electron chi connectivity index (χ0n) is 7.33. The maximum absolute atomic E-state index is 5.29. The number of nitrogens with two attached hydrogens (primary N) is 1. The molecule has 0 atom stereocenters. The third kappa shape index (κ3) is 1.83. The predicted molar refractivity (Wildman–Crippen MR) is 46.3 cm³/mol. The fraction of sp³-hybridized carbons (Fsp3) is 0.500. The summed E-state index contributed by atoms with van der Waals surface area (Å²) in [6, 6.07) is 0. The summed E-state index contributed by atoms with van der Waals surface area (Å²) in [5.41, 5.74) is 5.29. The van der Waals surface area contributed by atoms with Crippen LogP contribution in [-0.2, 0) is 7.05 Å². The molecule has 0 aromatic carbocycles. The first-order valence-electron chi connectivity index (χ1n) is 3.80. The SMILES string of the molecule is Cc1nnc(C#CCCN)n1C. The Morgan fingerprint density at radius 1 is 1.50 bits per heavy atom. The van der Waals surface area contributed by atoms with Crippen molar-refractivity contribution in [2.75, 3.05) is 6.54 Å². The highest BCUT2D eigenvalue weighted by atomic mass is 15.3. The average Bonchev–Trinajstić information content (AvgIpc) is 2.36. The Morgan fingerprint density at radius 3 is 2.75 bits per heavy atom. The van der Waals surface area contributed by atoms with E-state index in [-0.39, 0.29) is 0 Å². The second-order valence-electron chi connectivity index (χ2n) is 2.47. The lowest BCUT2D eigenvalue weighted by Crippen LogP contribution is -1.97. The number of nitrogens with zero attached hydrogens (tertiary/aromatic N) is 3. The Morgan fingerprint density at radius 2 is 2.25 bits per heavy atom. The molecule has 0 aliphatic heterocycles. The molecule has 0 fully saturated rings. The molecular weight excluding hydrogens is 152 g/mol. The number of rotatable bonds is 1. The number of hydrogen-bond acceptors (Lipinski definition) is 3. The second kappa shape index (κ2) is 3.88. The van der Waals surface area contributed by atoms with E-state index in [9.17, 15) is 0 Å². The van der Waals surface area contributed by atoms with E-state index in [0.29, 0.717) is 18.8 Å². The van der Waals surface area contributed by atoms with Gasteiger partial charge in [0.1, 0.15) is 5.82 Å². The fourth-order valence-electron chi connectivity index (χ4n) is 0.730. The molecule has 12 heavy (non-hydrogen) atoms. The smallest absolute Gasteiger partial charge is 0.207 e. The van der Waals surface area contributed by atoms with Crippen molar-refractivity contribution in [2.45, 2.75) is 13.3 Å². The average molecular weight is 164 g/mol. The van der Waals surface area contributed by atoms with Gasteiger partial charge in [0, 0.05) is 20.0 Å². The van der Waals surface area contributed by atoms with E-state index in [1.807, 2.05) is 18.5 Å². The molecule has 0 radical (unpaired) electrons. The first kappa shape index (κ1) is 8.75. The van der Waals surface area contributed by atoms with Gasteiger partial charge in [0.05, 0.1) is 0 Å². The van der Waals surface area contributed by atoms with Gasteiger partial charge in [-0.3, -0.25) is 0 Å². The molecule has 4 heteroatoms. The molecule has 1 heterocycles. The van der Waals surface area contributed by atoms with Gasteiger partial charge in [0.2, 0.25) is 5.82 Å². The van der Waals surface area contributed by atoms with Crippen molar-refractivity contribution in [1.29, 1.82) is 0 Å². The molecule has 2 N–H and O–H groups in total. The van der Waals surface area contributed by atoms with Crippen molar-refractivity contribution in [3.05, 3.63) is 11.6 Å². The van der Waals surface area contributed by atoms with Crippen molar-refractivity contribution in [2.24, 2.45) is 12.8 Å². The molecule has 0 bridgehead atoms. The second-order valence-corrected chi connectivity index (χ2v) is 2.47. The molecule has 0 amide bonds. The van der Waals surface area contributed by atoms with Gasteiger partial charge in [-0.1, -0.05) is 5.92 Å². The Bertz CT molecular complexity index is 316. The van der Waals surface area contributed by atoms with E-state index >= 15 is 0 Å². The number of hydrogen-bond donors (Lipinski definition) is 1. The summed E-state index contributed by atoms with van der Waals surface area (Å²) in [5.74, 6) is 7.36. The van der Waals surface area contributed by atoms with Gasteiger partial charge < -0.3 is 10.3 Å². The molecule has 0 unspecified atom stereocenters. The minimum Gasteiger partial charge on any atom is -0.330 e. The lowest BCUT2D eigenvalue weighted by atomic mass is 10.4. The summed E-state index contributed by atoms with van der Waals surface area (Å²) >= 11 is 0. The van der Waals surface area contributed by atoms with Gasteiger partial charge in [-0.05, 0) is 12.8 Å². The molecule has 0 aliphatic carbocycles. The Balaban J connectivity index is 2.78. The van der Waals surface area contributed by atoms with Crippen molar-refractivity contribution in [3.8, 4) is 11.8 Å². The normalized spacial score (nSPS) is 9.25. The van der Waals surface area contributed by atoms with Crippen LogP contribution < -0.4 is 5.73 Å². The van der Waals surface area contributed by atoms with E-state index in [2.05, 4.69) is 22.0 Å². The summed E-state index contributed by atoms with van der Waals surface area (Å²) in [5, 5.41) is 7.76. The highest BCUT2D eigenvalue weighted by Gasteiger charge is 1.98. The van der Waals surface area contributed by atoms with Crippen LogP contribution in [0, 0.1) is 18.8 Å². The van der Waals surface area contributed by atoms with Crippen molar-refractivity contribution in [1.82, 2.24) is 14.8 Å². The van der Waals surface area contributed by atoms with Gasteiger partial charge in [-0.15, -0.1) is 10.2 Å². The third-order valence-corrected chi connectivity index (χ3v) is 1.56. The maximum atomic E-state index is 5.29. The largest absolute Gasteiger partial charge is 0.330 e. The summed E-state index contributed by atoms with van der Waals surface area (Å²) < 4.78 is 1.85. The highest BCUT2D eigenvalue weighted by molar-refractivity contribution is 5.21. The van der Waals surface area contributed by atoms with Gasteiger partial charge >= 0.3 is 0 Å². The van der Waals surface area contributed by atoms with Crippen LogP contribution in [0.15, 0.2) is 0 Å². The zero-order chi connectivity index (χ0) is 8.97. The van der Waals surface area contributed by atoms with Crippen molar-refractivity contribution in [3.63, 3.8) is 0 Å². The first-order chi connectivity index (χ1) is 5.75. The minimum atomic E-state index is 0.587. The quantitative estimate of drug-likeness (QED) is 0.586. The van der Waals surface area contributed by atoms with E-state index < -0.39 is 0 Å². The van der Waals surface area contributed by atoms with Crippen LogP contribution in [0.1, 0.15) is 18.1 Å². The standard InChI is InChI=1S/C8H12N4/c1-7-10-11-8(12(7)2)5-3-4-6-9/h4,6,9H2,1-2H3. The van der Waals surface area contributed by atoms with E-state index in [0.717, 1.165) is 5.82 Å².